The number of nitrogens with zero attached hydrogens (tertiary/aromatic N) is 1. The molecule has 0 bridgehead atoms. The normalized spacial score (nSPS) is 12.3. The number of aldehydes is 1. The Bertz CT molecular complexity index is 354. The van der Waals surface area contributed by atoms with E-state index >= 15 is 0 Å². The van der Waals surface area contributed by atoms with Crippen molar-refractivity contribution in [3.63, 3.8) is 0 Å². The van der Waals surface area contributed by atoms with Crippen molar-refractivity contribution in [2.75, 3.05) is 18.6 Å². The third kappa shape index (κ3) is 2.49. The number of carbonyl (C=O) groups is 1. The quantitative estimate of drug-likeness (QED) is 0.800. The lowest BCUT2D eigenvalue weighted by Crippen LogP contribution is -2.32. The summed E-state index contributed by atoms with van der Waals surface area (Å²) in [6.45, 7) is 1.87. The van der Waals surface area contributed by atoms with Gasteiger partial charge in [0, 0.05) is 18.7 Å². The molecule has 0 saturated carbocycles. The van der Waals surface area contributed by atoms with Crippen molar-refractivity contribution < 1.29 is 9.90 Å². The third-order valence-electron chi connectivity index (χ3n) is 2.42. The van der Waals surface area contributed by atoms with Gasteiger partial charge in [0.2, 0.25) is 0 Å². The fourth-order valence-electron chi connectivity index (χ4n) is 1.34. The van der Waals surface area contributed by atoms with Gasteiger partial charge in [-0.2, -0.15) is 0 Å². The number of aliphatic hydroxyl groups is 1. The van der Waals surface area contributed by atoms with Gasteiger partial charge in [-0.3, -0.25) is 4.79 Å². The Morgan fingerprint density at radius 3 is 2.80 bits per heavy atom. The molecule has 3 nitrogen and oxygen atoms in total. The van der Waals surface area contributed by atoms with Crippen molar-refractivity contribution in [1.29, 1.82) is 0 Å². The molecule has 0 saturated heterocycles. The van der Waals surface area contributed by atoms with Gasteiger partial charge in [-0.1, -0.05) is 17.7 Å². The Morgan fingerprint density at radius 2 is 2.27 bits per heavy atom. The molecular formula is C11H14ClNO2. The van der Waals surface area contributed by atoms with Crippen LogP contribution in [0.1, 0.15) is 17.3 Å². The topological polar surface area (TPSA) is 40.5 Å². The van der Waals surface area contributed by atoms with Crippen molar-refractivity contribution in [2.24, 2.45) is 0 Å². The predicted octanol–water partition coefficient (Wildman–Crippen LogP) is 1.97. The first-order valence-electron chi connectivity index (χ1n) is 4.69. The van der Waals surface area contributed by atoms with Crippen LogP contribution in [0.4, 0.5) is 5.69 Å². The molecule has 1 atom stereocenters. The lowest BCUT2D eigenvalue weighted by molar-refractivity contribution is 0.112. The van der Waals surface area contributed by atoms with E-state index < -0.39 is 0 Å². The summed E-state index contributed by atoms with van der Waals surface area (Å²) in [6.07, 6.45) is 0.766. The van der Waals surface area contributed by atoms with Crippen LogP contribution >= 0.6 is 11.6 Å². The van der Waals surface area contributed by atoms with Crippen LogP contribution in [-0.4, -0.2) is 31.1 Å². The molecule has 1 N–H and O–H groups in total. The monoisotopic (exact) mass is 227 g/mol. The molecule has 82 valence electrons. The van der Waals surface area contributed by atoms with Gasteiger partial charge >= 0.3 is 0 Å². The summed E-state index contributed by atoms with van der Waals surface area (Å²) in [5, 5.41) is 9.56. The van der Waals surface area contributed by atoms with Crippen LogP contribution in [0.25, 0.3) is 0 Å². The summed E-state index contributed by atoms with van der Waals surface area (Å²) in [7, 11) is 1.80. The van der Waals surface area contributed by atoms with Crippen LogP contribution in [0.2, 0.25) is 5.02 Å². The molecule has 1 aromatic carbocycles. The highest BCUT2D eigenvalue weighted by Gasteiger charge is 2.15. The second kappa shape index (κ2) is 5.14. The molecule has 0 aliphatic heterocycles. The molecule has 0 aliphatic carbocycles. The van der Waals surface area contributed by atoms with Gasteiger partial charge < -0.3 is 10.0 Å². The molecule has 0 heterocycles. The van der Waals surface area contributed by atoms with E-state index in [1.54, 1.807) is 30.1 Å². The van der Waals surface area contributed by atoms with Crippen molar-refractivity contribution >= 4 is 23.6 Å². The number of hydrogen-bond acceptors (Lipinski definition) is 3. The maximum Gasteiger partial charge on any atom is 0.152 e. The van der Waals surface area contributed by atoms with Crippen molar-refractivity contribution in [2.45, 2.75) is 13.0 Å². The molecule has 0 spiro atoms. The molecule has 0 radical (unpaired) electrons. The van der Waals surface area contributed by atoms with E-state index in [-0.39, 0.29) is 12.6 Å². The average molecular weight is 228 g/mol. The van der Waals surface area contributed by atoms with E-state index in [4.69, 9.17) is 16.7 Å². The van der Waals surface area contributed by atoms with Crippen molar-refractivity contribution in [3.05, 3.63) is 28.8 Å². The first-order chi connectivity index (χ1) is 7.11. The maximum atomic E-state index is 10.8. The molecule has 1 aromatic rings. The number of hydrogen-bond donors (Lipinski definition) is 1. The number of carbonyl (C=O) groups excluding carboxylic acids is 1. The lowest BCUT2D eigenvalue weighted by atomic mass is 10.1. The highest BCUT2D eigenvalue weighted by atomic mass is 35.5. The van der Waals surface area contributed by atoms with Crippen molar-refractivity contribution in [1.82, 2.24) is 0 Å². The molecule has 0 amide bonds. The fraction of sp³-hybridized carbons (Fsp3) is 0.364. The summed E-state index contributed by atoms with van der Waals surface area (Å²) in [5.41, 5.74) is 1.20. The highest BCUT2D eigenvalue weighted by molar-refractivity contribution is 6.33. The fourth-order valence-corrected chi connectivity index (χ4v) is 1.66. The Morgan fingerprint density at radius 1 is 1.60 bits per heavy atom. The highest BCUT2D eigenvalue weighted by Crippen LogP contribution is 2.29. The van der Waals surface area contributed by atoms with E-state index in [0.29, 0.717) is 16.3 Å². The minimum Gasteiger partial charge on any atom is -0.394 e. The van der Waals surface area contributed by atoms with Crippen LogP contribution in [0, 0.1) is 0 Å². The van der Waals surface area contributed by atoms with E-state index in [9.17, 15) is 4.79 Å². The molecule has 0 aliphatic rings. The van der Waals surface area contributed by atoms with Crippen LogP contribution in [-0.2, 0) is 0 Å². The molecular weight excluding hydrogens is 214 g/mol. The number of rotatable bonds is 4. The van der Waals surface area contributed by atoms with Gasteiger partial charge in [-0.15, -0.1) is 0 Å². The lowest BCUT2D eigenvalue weighted by Gasteiger charge is -2.27. The summed E-state index contributed by atoms with van der Waals surface area (Å²) < 4.78 is 0. The number of halogens is 1. The van der Waals surface area contributed by atoms with E-state index in [1.807, 2.05) is 6.92 Å². The summed E-state index contributed by atoms with van der Waals surface area (Å²) in [6, 6.07) is 5.08. The van der Waals surface area contributed by atoms with Gasteiger partial charge in [-0.05, 0) is 19.1 Å². The number of para-hydroxylation sites is 1. The second-order valence-electron chi connectivity index (χ2n) is 3.44. The van der Waals surface area contributed by atoms with Crippen LogP contribution in [0.5, 0.6) is 0 Å². The minimum atomic E-state index is -0.0800. The van der Waals surface area contributed by atoms with Crippen LogP contribution in [0.15, 0.2) is 18.2 Å². The smallest absolute Gasteiger partial charge is 0.152 e. The molecule has 15 heavy (non-hydrogen) atoms. The number of benzene rings is 1. The zero-order valence-corrected chi connectivity index (χ0v) is 9.53. The zero-order chi connectivity index (χ0) is 11.4. The summed E-state index contributed by atoms with van der Waals surface area (Å²) >= 11 is 6.02. The minimum absolute atomic E-state index is 0.0139. The van der Waals surface area contributed by atoms with Gasteiger partial charge in [-0.25, -0.2) is 0 Å². The maximum absolute atomic E-state index is 10.8. The van der Waals surface area contributed by atoms with Gasteiger partial charge in [0.05, 0.1) is 17.3 Å². The van der Waals surface area contributed by atoms with Crippen LogP contribution < -0.4 is 4.90 Å². The Balaban J connectivity index is 3.16. The van der Waals surface area contributed by atoms with E-state index in [1.165, 1.54) is 0 Å². The van der Waals surface area contributed by atoms with Gasteiger partial charge in [0.15, 0.2) is 6.29 Å². The SMILES string of the molecule is CC(CO)N(C)c1c(Cl)cccc1C=O. The molecule has 4 heteroatoms. The second-order valence-corrected chi connectivity index (χ2v) is 3.85. The largest absolute Gasteiger partial charge is 0.394 e. The Hall–Kier alpha value is -1.06. The molecule has 1 unspecified atom stereocenters. The third-order valence-corrected chi connectivity index (χ3v) is 2.73. The first-order valence-corrected chi connectivity index (χ1v) is 5.07. The Labute approximate surface area is 94.3 Å². The predicted molar refractivity (Wildman–Crippen MR) is 61.8 cm³/mol. The molecule has 0 aromatic heterocycles. The average Bonchev–Trinajstić information content (AvgIpc) is 2.26. The van der Waals surface area contributed by atoms with Gasteiger partial charge in [0.1, 0.15) is 0 Å². The molecule has 1 rings (SSSR count). The van der Waals surface area contributed by atoms with Crippen LogP contribution in [0.3, 0.4) is 0 Å². The van der Waals surface area contributed by atoms with Gasteiger partial charge in [0.25, 0.3) is 0 Å². The standard InChI is InChI=1S/C11H14ClNO2/c1-8(6-14)13(2)11-9(7-15)4-3-5-10(11)12/h3-5,7-8,14H,6H2,1-2H3. The number of likely N-dealkylation sites (N-methyl/N-ethyl adjacent to an activating group) is 1. The van der Waals surface area contributed by atoms with E-state index in [0.717, 1.165) is 6.29 Å². The molecule has 0 fully saturated rings. The van der Waals surface area contributed by atoms with E-state index in [2.05, 4.69) is 0 Å². The summed E-state index contributed by atoms with van der Waals surface area (Å²) in [5.74, 6) is 0. The zero-order valence-electron chi connectivity index (χ0n) is 8.77. The summed E-state index contributed by atoms with van der Waals surface area (Å²) in [4.78, 5) is 12.6. The first kappa shape index (κ1) is 12.0. The number of aliphatic hydroxyl groups excluding tert-OH is 1. The Kier molecular flexibility index (Phi) is 4.12. The van der Waals surface area contributed by atoms with Crippen molar-refractivity contribution in [3.8, 4) is 0 Å². The number of anilines is 1.